The molecule has 0 saturated heterocycles. The van der Waals surface area contributed by atoms with Gasteiger partial charge in [-0.05, 0) is 17.7 Å². The van der Waals surface area contributed by atoms with Gasteiger partial charge in [0.05, 0.1) is 12.5 Å². The fourth-order valence-electron chi connectivity index (χ4n) is 1.21. The van der Waals surface area contributed by atoms with Crippen molar-refractivity contribution in [3.8, 4) is 0 Å². The van der Waals surface area contributed by atoms with Gasteiger partial charge in [0.25, 0.3) is 0 Å². The lowest BCUT2D eigenvalue weighted by atomic mass is 10.2. The minimum Gasteiger partial charge on any atom is -0.464 e. The molecule has 4 nitrogen and oxygen atoms in total. The van der Waals surface area contributed by atoms with Crippen LogP contribution >= 0.6 is 0 Å². The second-order valence-electron chi connectivity index (χ2n) is 3.04. The van der Waals surface area contributed by atoms with Crippen molar-refractivity contribution in [3.05, 3.63) is 36.1 Å². The van der Waals surface area contributed by atoms with E-state index in [1.54, 1.807) is 6.26 Å². The summed E-state index contributed by atoms with van der Waals surface area (Å²) in [4.78, 5) is 14.9. The smallest absolute Gasteiger partial charge is 0.331 e. The minimum absolute atomic E-state index is 0.440. The highest BCUT2D eigenvalue weighted by Crippen LogP contribution is 2.15. The first-order chi connectivity index (χ1) is 7.25. The first-order valence-electron chi connectivity index (χ1n) is 4.44. The molecule has 1 aromatic heterocycles. The summed E-state index contributed by atoms with van der Waals surface area (Å²) in [6.07, 6.45) is 3.08. The fraction of sp³-hybridized carbons (Fsp3) is 0.0909. The molecule has 0 aliphatic rings. The maximum atomic E-state index is 10.5. The lowest BCUT2D eigenvalue weighted by Crippen LogP contribution is -1.91. The number of benzene rings is 1. The van der Waals surface area contributed by atoms with Gasteiger partial charge >= 0.3 is 5.97 Å². The average Bonchev–Trinajstić information content (AvgIpc) is 2.64. The van der Waals surface area contributed by atoms with Crippen molar-refractivity contribution >= 4 is 23.2 Å². The SMILES string of the molecule is CC(=O)ON=Cc1ccc2ccoc2c1. The van der Waals surface area contributed by atoms with Crippen molar-refractivity contribution in [2.75, 3.05) is 0 Å². The van der Waals surface area contributed by atoms with Crippen molar-refractivity contribution in [2.45, 2.75) is 6.92 Å². The predicted molar refractivity (Wildman–Crippen MR) is 55.6 cm³/mol. The van der Waals surface area contributed by atoms with Gasteiger partial charge < -0.3 is 9.25 Å². The predicted octanol–water partition coefficient (Wildman–Crippen LogP) is 2.33. The van der Waals surface area contributed by atoms with E-state index < -0.39 is 5.97 Å². The van der Waals surface area contributed by atoms with Crippen molar-refractivity contribution < 1.29 is 14.0 Å². The molecule has 2 rings (SSSR count). The van der Waals surface area contributed by atoms with Crippen LogP contribution < -0.4 is 0 Å². The molecule has 0 fully saturated rings. The van der Waals surface area contributed by atoms with Crippen molar-refractivity contribution in [3.63, 3.8) is 0 Å². The van der Waals surface area contributed by atoms with Crippen LogP contribution in [0.15, 0.2) is 40.1 Å². The molecule has 1 heterocycles. The molecule has 0 saturated carbocycles. The van der Waals surface area contributed by atoms with Gasteiger partial charge in [0.15, 0.2) is 0 Å². The average molecular weight is 203 g/mol. The maximum absolute atomic E-state index is 10.5. The highest BCUT2D eigenvalue weighted by molar-refractivity contribution is 5.87. The van der Waals surface area contributed by atoms with Crippen LogP contribution in [0.2, 0.25) is 0 Å². The second-order valence-corrected chi connectivity index (χ2v) is 3.04. The zero-order valence-electron chi connectivity index (χ0n) is 8.14. The Hall–Kier alpha value is -2.10. The first-order valence-corrected chi connectivity index (χ1v) is 4.44. The van der Waals surface area contributed by atoms with Gasteiger partial charge in [-0.2, -0.15) is 0 Å². The highest BCUT2D eigenvalue weighted by Gasteiger charge is 1.97. The number of carbonyl (C=O) groups excluding carboxylic acids is 1. The molecule has 4 heteroatoms. The summed E-state index contributed by atoms with van der Waals surface area (Å²) in [7, 11) is 0. The largest absolute Gasteiger partial charge is 0.464 e. The summed E-state index contributed by atoms with van der Waals surface area (Å²) >= 11 is 0. The first kappa shape index (κ1) is 9.45. The quantitative estimate of drug-likeness (QED) is 0.427. The molecule has 0 radical (unpaired) electrons. The van der Waals surface area contributed by atoms with Crippen LogP contribution in [0.4, 0.5) is 0 Å². The molecule has 0 aliphatic heterocycles. The Morgan fingerprint density at radius 2 is 2.33 bits per heavy atom. The van der Waals surface area contributed by atoms with Gasteiger partial charge in [-0.25, -0.2) is 4.79 Å². The number of nitrogens with zero attached hydrogens (tertiary/aromatic N) is 1. The van der Waals surface area contributed by atoms with Gasteiger partial charge in [0.1, 0.15) is 5.58 Å². The zero-order chi connectivity index (χ0) is 10.7. The fourth-order valence-corrected chi connectivity index (χ4v) is 1.21. The van der Waals surface area contributed by atoms with E-state index in [0.717, 1.165) is 16.5 Å². The van der Waals surface area contributed by atoms with E-state index in [1.165, 1.54) is 13.1 Å². The van der Waals surface area contributed by atoms with E-state index in [0.29, 0.717) is 0 Å². The zero-order valence-corrected chi connectivity index (χ0v) is 8.14. The van der Waals surface area contributed by atoms with Crippen LogP contribution in [-0.4, -0.2) is 12.2 Å². The Morgan fingerprint density at radius 3 is 3.13 bits per heavy atom. The lowest BCUT2D eigenvalue weighted by molar-refractivity contribution is -0.140. The van der Waals surface area contributed by atoms with E-state index >= 15 is 0 Å². The molecule has 0 atom stereocenters. The summed E-state index contributed by atoms with van der Waals surface area (Å²) in [5, 5.41) is 4.54. The topological polar surface area (TPSA) is 51.8 Å². The summed E-state index contributed by atoms with van der Waals surface area (Å²) in [5.41, 5.74) is 1.60. The summed E-state index contributed by atoms with van der Waals surface area (Å²) in [6.45, 7) is 1.30. The Kier molecular flexibility index (Phi) is 2.49. The number of hydrogen-bond donors (Lipinski definition) is 0. The normalized spacial score (nSPS) is 11.0. The number of fused-ring (bicyclic) bond motifs is 1. The number of oxime groups is 1. The van der Waals surface area contributed by atoms with Gasteiger partial charge in [-0.15, -0.1) is 0 Å². The number of carbonyl (C=O) groups is 1. The van der Waals surface area contributed by atoms with Crippen molar-refractivity contribution in [1.29, 1.82) is 0 Å². The van der Waals surface area contributed by atoms with Gasteiger partial charge in [0.2, 0.25) is 0 Å². The third-order valence-electron chi connectivity index (χ3n) is 1.86. The molecule has 1 aromatic carbocycles. The Bertz CT molecular complexity index is 513. The molecule has 76 valence electrons. The summed E-state index contributed by atoms with van der Waals surface area (Å²) < 4.78 is 5.22. The van der Waals surface area contributed by atoms with Crippen LogP contribution in [0.1, 0.15) is 12.5 Å². The number of furan rings is 1. The Balaban J connectivity index is 2.21. The molecular weight excluding hydrogens is 194 g/mol. The van der Waals surface area contributed by atoms with Crippen LogP contribution in [0, 0.1) is 0 Å². The molecule has 0 spiro atoms. The number of rotatable bonds is 2. The monoisotopic (exact) mass is 203 g/mol. The summed E-state index contributed by atoms with van der Waals surface area (Å²) in [6, 6.07) is 7.48. The lowest BCUT2D eigenvalue weighted by Gasteiger charge is -1.92. The summed E-state index contributed by atoms with van der Waals surface area (Å²) in [5.74, 6) is -0.440. The van der Waals surface area contributed by atoms with E-state index in [1.807, 2.05) is 24.3 Å². The number of hydrogen-bond acceptors (Lipinski definition) is 4. The molecule has 15 heavy (non-hydrogen) atoms. The van der Waals surface area contributed by atoms with E-state index in [-0.39, 0.29) is 0 Å². The molecule has 0 unspecified atom stereocenters. The Labute approximate surface area is 86.1 Å². The molecule has 0 aliphatic carbocycles. The molecule has 2 aromatic rings. The van der Waals surface area contributed by atoms with Crippen molar-refractivity contribution in [2.24, 2.45) is 5.16 Å². The highest BCUT2D eigenvalue weighted by atomic mass is 16.7. The van der Waals surface area contributed by atoms with Gasteiger partial charge in [0, 0.05) is 12.3 Å². The minimum atomic E-state index is -0.440. The van der Waals surface area contributed by atoms with E-state index in [4.69, 9.17) is 4.42 Å². The van der Waals surface area contributed by atoms with Crippen LogP contribution in [0.3, 0.4) is 0 Å². The maximum Gasteiger partial charge on any atom is 0.331 e. The standard InChI is InChI=1S/C11H9NO3/c1-8(13)15-12-7-9-2-3-10-4-5-14-11(10)6-9/h2-7H,1H3. The molecule has 0 N–H and O–H groups in total. The molecular formula is C11H9NO3. The third-order valence-corrected chi connectivity index (χ3v) is 1.86. The van der Waals surface area contributed by atoms with Crippen LogP contribution in [-0.2, 0) is 9.63 Å². The van der Waals surface area contributed by atoms with Crippen molar-refractivity contribution in [1.82, 2.24) is 0 Å². The second kappa shape index (κ2) is 3.96. The third kappa shape index (κ3) is 2.22. The van der Waals surface area contributed by atoms with Crippen LogP contribution in [0.5, 0.6) is 0 Å². The van der Waals surface area contributed by atoms with Gasteiger partial charge in [-0.3, -0.25) is 0 Å². The van der Waals surface area contributed by atoms with E-state index in [2.05, 4.69) is 9.99 Å². The van der Waals surface area contributed by atoms with Crippen LogP contribution in [0.25, 0.3) is 11.0 Å². The Morgan fingerprint density at radius 1 is 1.47 bits per heavy atom. The molecule has 0 amide bonds. The van der Waals surface area contributed by atoms with Gasteiger partial charge in [-0.1, -0.05) is 17.3 Å². The molecule has 0 bridgehead atoms. The van der Waals surface area contributed by atoms with E-state index in [9.17, 15) is 4.79 Å².